The molecule has 1 fully saturated rings. The summed E-state index contributed by atoms with van der Waals surface area (Å²) in [4.78, 5) is 16.2. The molecule has 3 heteroatoms. The lowest BCUT2D eigenvalue weighted by Gasteiger charge is -2.16. The molecule has 3 nitrogen and oxygen atoms in total. The highest BCUT2D eigenvalue weighted by molar-refractivity contribution is 5.75. The molecule has 1 atom stereocenters. The largest absolute Gasteiger partial charge is 0.277 e. The lowest BCUT2D eigenvalue weighted by molar-refractivity contribution is -0.131. The summed E-state index contributed by atoms with van der Waals surface area (Å²) in [5.41, 5.74) is 4.92. The van der Waals surface area contributed by atoms with Crippen LogP contribution in [-0.2, 0) is 9.63 Å². The molecule has 17 heavy (non-hydrogen) atoms. The molecule has 1 amide bonds. The van der Waals surface area contributed by atoms with E-state index in [-0.39, 0.29) is 5.91 Å². The van der Waals surface area contributed by atoms with Gasteiger partial charge in [0.05, 0.1) is 7.11 Å². The minimum absolute atomic E-state index is 0.0371. The van der Waals surface area contributed by atoms with Gasteiger partial charge in [-0.2, -0.15) is 0 Å². The smallest absolute Gasteiger partial charge is 0.244 e. The summed E-state index contributed by atoms with van der Waals surface area (Å²) < 4.78 is 0. The molecule has 1 saturated carbocycles. The number of benzene rings is 1. The average Bonchev–Trinajstić information content (AvgIpc) is 3.12. The van der Waals surface area contributed by atoms with E-state index in [2.05, 4.69) is 41.5 Å². The maximum Gasteiger partial charge on any atom is 0.244 e. The Morgan fingerprint density at radius 2 is 2.06 bits per heavy atom. The monoisotopic (exact) mass is 233 g/mol. The van der Waals surface area contributed by atoms with Crippen LogP contribution in [0.2, 0.25) is 0 Å². The fraction of sp³-hybridized carbons (Fsp3) is 0.500. The normalized spacial score (nSPS) is 16.6. The van der Waals surface area contributed by atoms with E-state index in [9.17, 15) is 4.79 Å². The molecule has 2 rings (SSSR count). The predicted molar refractivity (Wildman–Crippen MR) is 66.4 cm³/mol. The second-order valence-electron chi connectivity index (χ2n) is 4.79. The number of hydrogen-bond acceptors (Lipinski definition) is 2. The van der Waals surface area contributed by atoms with Gasteiger partial charge in [-0.25, -0.2) is 5.48 Å². The van der Waals surface area contributed by atoms with Gasteiger partial charge in [0.2, 0.25) is 5.91 Å². The van der Waals surface area contributed by atoms with Gasteiger partial charge in [-0.1, -0.05) is 29.8 Å². The maximum atomic E-state index is 11.6. The highest BCUT2D eigenvalue weighted by atomic mass is 16.6. The van der Waals surface area contributed by atoms with Crippen molar-refractivity contribution in [3.05, 3.63) is 35.4 Å². The standard InChI is InChI=1S/C14H19NO2/c1-10-3-5-11(6-4-10)13(12-7-8-12)9-14(16)15-17-2/h3-6,12-13H,7-9H2,1-2H3,(H,15,16). The van der Waals surface area contributed by atoms with E-state index in [4.69, 9.17) is 0 Å². The number of nitrogens with one attached hydrogen (secondary N) is 1. The van der Waals surface area contributed by atoms with Gasteiger partial charge in [0.25, 0.3) is 0 Å². The Kier molecular flexibility index (Phi) is 3.79. The molecule has 0 aliphatic heterocycles. The number of rotatable bonds is 5. The van der Waals surface area contributed by atoms with Gasteiger partial charge in [-0.05, 0) is 37.2 Å². The van der Waals surface area contributed by atoms with Gasteiger partial charge in [0.1, 0.15) is 0 Å². The van der Waals surface area contributed by atoms with E-state index >= 15 is 0 Å². The van der Waals surface area contributed by atoms with Crippen LogP contribution in [0, 0.1) is 12.8 Å². The number of aryl methyl sites for hydroxylation is 1. The van der Waals surface area contributed by atoms with E-state index < -0.39 is 0 Å². The zero-order chi connectivity index (χ0) is 12.3. The van der Waals surface area contributed by atoms with Crippen LogP contribution in [0.25, 0.3) is 0 Å². The Morgan fingerprint density at radius 3 is 2.59 bits per heavy atom. The first kappa shape index (κ1) is 12.1. The van der Waals surface area contributed by atoms with E-state index in [1.165, 1.54) is 31.1 Å². The van der Waals surface area contributed by atoms with Gasteiger partial charge in [-0.15, -0.1) is 0 Å². The zero-order valence-corrected chi connectivity index (χ0v) is 10.4. The lowest BCUT2D eigenvalue weighted by Crippen LogP contribution is -2.24. The van der Waals surface area contributed by atoms with Crippen molar-refractivity contribution in [3.63, 3.8) is 0 Å². The average molecular weight is 233 g/mol. The van der Waals surface area contributed by atoms with Crippen LogP contribution in [0.15, 0.2) is 24.3 Å². The summed E-state index contributed by atoms with van der Waals surface area (Å²) in [6, 6.07) is 8.49. The van der Waals surface area contributed by atoms with Crippen LogP contribution in [-0.4, -0.2) is 13.0 Å². The van der Waals surface area contributed by atoms with E-state index in [0.717, 1.165) is 0 Å². The summed E-state index contributed by atoms with van der Waals surface area (Å²) in [6.07, 6.45) is 2.99. The van der Waals surface area contributed by atoms with Crippen molar-refractivity contribution in [2.75, 3.05) is 7.11 Å². The Morgan fingerprint density at radius 1 is 1.41 bits per heavy atom. The van der Waals surface area contributed by atoms with Crippen LogP contribution < -0.4 is 5.48 Å². The molecule has 1 aromatic rings. The molecule has 0 radical (unpaired) electrons. The molecular weight excluding hydrogens is 214 g/mol. The first-order chi connectivity index (χ1) is 8.20. The Bertz CT molecular complexity index is 382. The number of carbonyl (C=O) groups is 1. The molecule has 92 valence electrons. The molecule has 0 aromatic heterocycles. The third-order valence-corrected chi connectivity index (χ3v) is 3.32. The second kappa shape index (κ2) is 5.32. The van der Waals surface area contributed by atoms with Crippen LogP contribution in [0.3, 0.4) is 0 Å². The molecule has 1 N–H and O–H groups in total. The Balaban J connectivity index is 2.06. The molecule has 1 aliphatic carbocycles. The molecule has 1 aromatic carbocycles. The van der Waals surface area contributed by atoms with Crippen molar-refractivity contribution in [1.29, 1.82) is 0 Å². The minimum atomic E-state index is -0.0371. The van der Waals surface area contributed by atoms with Crippen LogP contribution in [0.1, 0.15) is 36.3 Å². The topological polar surface area (TPSA) is 38.3 Å². The quantitative estimate of drug-likeness (QED) is 0.794. The fourth-order valence-electron chi connectivity index (χ4n) is 2.22. The van der Waals surface area contributed by atoms with Crippen molar-refractivity contribution < 1.29 is 9.63 Å². The molecule has 0 saturated heterocycles. The van der Waals surface area contributed by atoms with Crippen molar-refractivity contribution in [1.82, 2.24) is 5.48 Å². The third-order valence-electron chi connectivity index (χ3n) is 3.32. The van der Waals surface area contributed by atoms with Crippen LogP contribution in [0.4, 0.5) is 0 Å². The molecule has 0 spiro atoms. The summed E-state index contributed by atoms with van der Waals surface area (Å²) in [5.74, 6) is 0.969. The van der Waals surface area contributed by atoms with Crippen LogP contribution in [0.5, 0.6) is 0 Å². The predicted octanol–water partition coefficient (Wildman–Crippen LogP) is 2.56. The van der Waals surface area contributed by atoms with E-state index in [0.29, 0.717) is 18.3 Å². The van der Waals surface area contributed by atoms with Gasteiger partial charge >= 0.3 is 0 Å². The molecule has 0 heterocycles. The Hall–Kier alpha value is -1.35. The van der Waals surface area contributed by atoms with E-state index in [1.807, 2.05) is 0 Å². The minimum Gasteiger partial charge on any atom is -0.277 e. The van der Waals surface area contributed by atoms with Crippen molar-refractivity contribution in [3.8, 4) is 0 Å². The van der Waals surface area contributed by atoms with Crippen molar-refractivity contribution in [2.45, 2.75) is 32.1 Å². The van der Waals surface area contributed by atoms with Crippen molar-refractivity contribution in [2.24, 2.45) is 5.92 Å². The van der Waals surface area contributed by atoms with Crippen LogP contribution >= 0.6 is 0 Å². The van der Waals surface area contributed by atoms with Gasteiger partial charge < -0.3 is 0 Å². The number of hydrogen-bond donors (Lipinski definition) is 1. The summed E-state index contributed by atoms with van der Waals surface area (Å²) >= 11 is 0. The number of amides is 1. The number of hydroxylamine groups is 1. The molecular formula is C14H19NO2. The first-order valence-electron chi connectivity index (χ1n) is 6.09. The molecule has 0 bridgehead atoms. The van der Waals surface area contributed by atoms with E-state index in [1.54, 1.807) is 0 Å². The highest BCUT2D eigenvalue weighted by Crippen LogP contribution is 2.44. The summed E-state index contributed by atoms with van der Waals surface area (Å²) in [5, 5.41) is 0. The molecule has 1 aliphatic rings. The van der Waals surface area contributed by atoms with Crippen molar-refractivity contribution >= 4 is 5.91 Å². The second-order valence-corrected chi connectivity index (χ2v) is 4.79. The SMILES string of the molecule is CONC(=O)CC(c1ccc(C)cc1)C1CC1. The first-order valence-corrected chi connectivity index (χ1v) is 6.09. The number of carbonyl (C=O) groups excluding carboxylic acids is 1. The molecule has 1 unspecified atom stereocenters. The van der Waals surface area contributed by atoms with Gasteiger partial charge in [0, 0.05) is 6.42 Å². The van der Waals surface area contributed by atoms with Gasteiger partial charge in [0.15, 0.2) is 0 Å². The maximum absolute atomic E-state index is 11.6. The fourth-order valence-corrected chi connectivity index (χ4v) is 2.22. The lowest BCUT2D eigenvalue weighted by atomic mass is 9.90. The summed E-state index contributed by atoms with van der Waals surface area (Å²) in [7, 11) is 1.47. The van der Waals surface area contributed by atoms with Gasteiger partial charge in [-0.3, -0.25) is 9.63 Å². The third kappa shape index (κ3) is 3.30. The Labute approximate surface area is 102 Å². The highest BCUT2D eigenvalue weighted by Gasteiger charge is 2.33. The zero-order valence-electron chi connectivity index (χ0n) is 10.4. The summed E-state index contributed by atoms with van der Waals surface area (Å²) in [6.45, 7) is 2.08.